The molecule has 0 atom stereocenters. The number of nitrogens with zero attached hydrogens (tertiary/aromatic N) is 4. The predicted octanol–water partition coefficient (Wildman–Crippen LogP) is 5.56. The van der Waals surface area contributed by atoms with E-state index in [0.29, 0.717) is 16.7 Å². The number of aromatic nitrogens is 1. The van der Waals surface area contributed by atoms with Crippen molar-refractivity contribution >= 4 is 40.3 Å². The van der Waals surface area contributed by atoms with Gasteiger partial charge >= 0.3 is 0 Å². The van der Waals surface area contributed by atoms with Crippen molar-refractivity contribution < 1.29 is 14.3 Å². The van der Waals surface area contributed by atoms with Crippen molar-refractivity contribution in [3.8, 4) is 11.4 Å². The number of amidine groups is 1. The van der Waals surface area contributed by atoms with Crippen molar-refractivity contribution in [2.45, 2.75) is 20.8 Å². The SMILES string of the molecule is CCOc1ccc(-n2c(C)cc(/C=C3\SC(=Nc4ccc(N5CCOCC5)cc4)N(C)C3=O)c2C)cc1. The molecule has 2 aromatic carbocycles. The summed E-state index contributed by atoms with van der Waals surface area (Å²) >= 11 is 1.41. The van der Waals surface area contributed by atoms with Crippen LogP contribution in [0.15, 0.2) is 64.5 Å². The van der Waals surface area contributed by atoms with E-state index < -0.39 is 0 Å². The van der Waals surface area contributed by atoms with Crippen molar-refractivity contribution in [1.29, 1.82) is 0 Å². The summed E-state index contributed by atoms with van der Waals surface area (Å²) < 4.78 is 13.2. The summed E-state index contributed by atoms with van der Waals surface area (Å²) in [5.41, 5.74) is 6.26. The second kappa shape index (κ2) is 10.9. The maximum Gasteiger partial charge on any atom is 0.266 e. The molecule has 0 radical (unpaired) electrons. The van der Waals surface area contributed by atoms with Crippen LogP contribution in [0.5, 0.6) is 5.75 Å². The minimum absolute atomic E-state index is 0.0421. The second-order valence-electron chi connectivity index (χ2n) is 9.07. The lowest BCUT2D eigenvalue weighted by Crippen LogP contribution is -2.36. The molecular formula is C29H32N4O3S. The Morgan fingerprint density at radius 2 is 1.70 bits per heavy atom. The van der Waals surface area contributed by atoms with E-state index in [4.69, 9.17) is 14.5 Å². The first kappa shape index (κ1) is 25.2. The van der Waals surface area contributed by atoms with Gasteiger partial charge in [0.15, 0.2) is 5.17 Å². The predicted molar refractivity (Wildman–Crippen MR) is 151 cm³/mol. The number of aliphatic imine (C=N–C) groups is 1. The van der Waals surface area contributed by atoms with Crippen LogP contribution >= 0.6 is 11.8 Å². The molecule has 0 bridgehead atoms. The standard InChI is InChI=1S/C29H32N4O3S/c1-5-36-26-12-10-25(11-13-26)33-20(2)18-22(21(33)3)19-27-28(34)31(4)29(37-27)30-23-6-8-24(9-7-23)32-14-16-35-17-15-32/h6-13,18-19H,5,14-17H2,1-4H3/b27-19-,30-29?. The molecular weight excluding hydrogens is 484 g/mol. The molecule has 0 spiro atoms. The highest BCUT2D eigenvalue weighted by molar-refractivity contribution is 8.18. The number of hydrogen-bond acceptors (Lipinski definition) is 6. The lowest BCUT2D eigenvalue weighted by molar-refractivity contribution is -0.121. The van der Waals surface area contributed by atoms with E-state index >= 15 is 0 Å². The van der Waals surface area contributed by atoms with Crippen LogP contribution in [0.25, 0.3) is 11.8 Å². The van der Waals surface area contributed by atoms with Gasteiger partial charge in [0, 0.05) is 42.9 Å². The topological polar surface area (TPSA) is 59.3 Å². The molecule has 3 aromatic rings. The van der Waals surface area contributed by atoms with E-state index in [9.17, 15) is 4.79 Å². The first-order chi connectivity index (χ1) is 17.9. The van der Waals surface area contributed by atoms with Crippen molar-refractivity contribution in [3.63, 3.8) is 0 Å². The molecule has 2 aliphatic heterocycles. The summed E-state index contributed by atoms with van der Waals surface area (Å²) in [6.45, 7) is 10.1. The van der Waals surface area contributed by atoms with E-state index in [1.807, 2.05) is 37.3 Å². The van der Waals surface area contributed by atoms with Crippen LogP contribution < -0.4 is 9.64 Å². The number of hydrogen-bond donors (Lipinski definition) is 0. The van der Waals surface area contributed by atoms with E-state index in [2.05, 4.69) is 53.6 Å². The molecule has 1 amide bonds. The molecule has 0 aliphatic carbocycles. The fourth-order valence-electron chi connectivity index (χ4n) is 4.65. The van der Waals surface area contributed by atoms with E-state index in [-0.39, 0.29) is 5.91 Å². The molecule has 1 aromatic heterocycles. The monoisotopic (exact) mass is 516 g/mol. The van der Waals surface area contributed by atoms with E-state index in [0.717, 1.165) is 60.4 Å². The van der Waals surface area contributed by atoms with Crippen LogP contribution in [0.1, 0.15) is 23.9 Å². The smallest absolute Gasteiger partial charge is 0.266 e. The summed E-state index contributed by atoms with van der Waals surface area (Å²) in [6.07, 6.45) is 1.97. The summed E-state index contributed by atoms with van der Waals surface area (Å²) in [5, 5.41) is 0.677. The van der Waals surface area contributed by atoms with Gasteiger partial charge in [0.05, 0.1) is 30.4 Å². The number of aryl methyl sites for hydroxylation is 1. The highest BCUT2D eigenvalue weighted by Gasteiger charge is 2.30. The Kier molecular flexibility index (Phi) is 7.39. The van der Waals surface area contributed by atoms with Crippen molar-refractivity contribution in [3.05, 3.63) is 76.5 Å². The number of benzene rings is 2. The summed E-state index contributed by atoms with van der Waals surface area (Å²) in [7, 11) is 1.78. The van der Waals surface area contributed by atoms with Gasteiger partial charge in [0.25, 0.3) is 5.91 Å². The first-order valence-electron chi connectivity index (χ1n) is 12.6. The zero-order chi connectivity index (χ0) is 25.9. The van der Waals surface area contributed by atoms with Gasteiger partial charge in [-0.05, 0) is 98.8 Å². The Hall–Kier alpha value is -3.49. The summed E-state index contributed by atoms with van der Waals surface area (Å²) in [4.78, 5) is 22.4. The average Bonchev–Trinajstić information content (AvgIpc) is 3.34. The molecule has 7 nitrogen and oxygen atoms in total. The minimum atomic E-state index is -0.0421. The fraction of sp³-hybridized carbons (Fsp3) is 0.310. The largest absolute Gasteiger partial charge is 0.494 e. The molecule has 5 rings (SSSR count). The zero-order valence-electron chi connectivity index (χ0n) is 21.7. The molecule has 2 saturated heterocycles. The number of thioether (sulfide) groups is 1. The third-order valence-electron chi connectivity index (χ3n) is 6.62. The van der Waals surface area contributed by atoms with Gasteiger partial charge in [0.2, 0.25) is 0 Å². The third-order valence-corrected chi connectivity index (χ3v) is 7.68. The Balaban J connectivity index is 1.36. The van der Waals surface area contributed by atoms with Gasteiger partial charge in [-0.3, -0.25) is 9.69 Å². The Morgan fingerprint density at radius 3 is 2.38 bits per heavy atom. The van der Waals surface area contributed by atoms with Crippen LogP contribution in [0.3, 0.4) is 0 Å². The molecule has 192 valence electrons. The number of rotatable bonds is 6. The number of carbonyl (C=O) groups is 1. The Labute approximate surface area is 222 Å². The van der Waals surface area contributed by atoms with Crippen molar-refractivity contribution in [2.75, 3.05) is 44.9 Å². The summed E-state index contributed by atoms with van der Waals surface area (Å²) in [5.74, 6) is 0.814. The maximum atomic E-state index is 13.1. The average molecular weight is 517 g/mol. The highest BCUT2D eigenvalue weighted by atomic mass is 32.2. The number of likely N-dealkylation sites (N-methyl/N-ethyl adjacent to an activating group) is 1. The molecule has 3 heterocycles. The third kappa shape index (κ3) is 5.31. The normalized spacial score (nSPS) is 18.3. The molecule has 8 heteroatoms. The second-order valence-corrected chi connectivity index (χ2v) is 10.1. The number of anilines is 1. The van der Waals surface area contributed by atoms with Gasteiger partial charge in [-0.15, -0.1) is 0 Å². The van der Waals surface area contributed by atoms with E-state index in [1.165, 1.54) is 17.4 Å². The molecule has 2 aliphatic rings. The van der Waals surface area contributed by atoms with Crippen LogP contribution in [0.4, 0.5) is 11.4 Å². The number of ether oxygens (including phenoxy) is 2. The van der Waals surface area contributed by atoms with Crippen LogP contribution in [-0.2, 0) is 9.53 Å². The van der Waals surface area contributed by atoms with Crippen LogP contribution in [0, 0.1) is 13.8 Å². The van der Waals surface area contributed by atoms with Crippen molar-refractivity contribution in [1.82, 2.24) is 9.47 Å². The molecule has 0 saturated carbocycles. The molecule has 0 unspecified atom stereocenters. The molecule has 37 heavy (non-hydrogen) atoms. The van der Waals surface area contributed by atoms with E-state index in [1.54, 1.807) is 11.9 Å². The maximum absolute atomic E-state index is 13.1. The first-order valence-corrected chi connectivity index (χ1v) is 13.4. The lowest BCUT2D eigenvalue weighted by atomic mass is 10.2. The minimum Gasteiger partial charge on any atom is -0.494 e. The van der Waals surface area contributed by atoms with Gasteiger partial charge in [0.1, 0.15) is 5.75 Å². The Morgan fingerprint density at radius 1 is 1.03 bits per heavy atom. The fourth-order valence-corrected chi connectivity index (χ4v) is 5.63. The van der Waals surface area contributed by atoms with Gasteiger partial charge in [-0.1, -0.05) is 0 Å². The van der Waals surface area contributed by atoms with Crippen molar-refractivity contribution in [2.24, 2.45) is 4.99 Å². The van der Waals surface area contributed by atoms with Gasteiger partial charge < -0.3 is 18.9 Å². The summed E-state index contributed by atoms with van der Waals surface area (Å²) in [6, 6.07) is 18.4. The Bertz CT molecular complexity index is 1340. The number of carbonyl (C=O) groups excluding carboxylic acids is 1. The van der Waals surface area contributed by atoms with Gasteiger partial charge in [-0.2, -0.15) is 0 Å². The lowest BCUT2D eigenvalue weighted by Gasteiger charge is -2.28. The van der Waals surface area contributed by atoms with Crippen LogP contribution in [0.2, 0.25) is 0 Å². The molecule has 0 N–H and O–H groups in total. The van der Waals surface area contributed by atoms with Gasteiger partial charge in [-0.25, -0.2) is 4.99 Å². The number of morpholine rings is 1. The number of amides is 1. The highest BCUT2D eigenvalue weighted by Crippen LogP contribution is 2.35. The quantitative estimate of drug-likeness (QED) is 0.401. The zero-order valence-corrected chi connectivity index (χ0v) is 22.5. The van der Waals surface area contributed by atoms with Crippen LogP contribution in [-0.4, -0.2) is 60.5 Å². The molecule has 2 fully saturated rings.